The summed E-state index contributed by atoms with van der Waals surface area (Å²) < 4.78 is 33.8. The predicted molar refractivity (Wildman–Crippen MR) is 69.6 cm³/mol. The van der Waals surface area contributed by atoms with Crippen molar-refractivity contribution in [1.82, 2.24) is 4.72 Å². The highest BCUT2D eigenvalue weighted by Crippen LogP contribution is 2.39. The van der Waals surface area contributed by atoms with Crippen LogP contribution < -0.4 is 14.2 Å². The first kappa shape index (κ1) is 13.7. The average Bonchev–Trinajstić information content (AvgIpc) is 2.72. The fourth-order valence-corrected chi connectivity index (χ4v) is 2.18. The molecule has 0 bridgehead atoms. The number of rotatable bonds is 3. The molecule has 0 radical (unpaired) electrons. The molecular weight excluding hydrogens is 294 g/mol. The quantitative estimate of drug-likeness (QED) is 0.847. The van der Waals surface area contributed by atoms with Crippen molar-refractivity contribution in [2.75, 3.05) is 13.0 Å². The van der Waals surface area contributed by atoms with Crippen LogP contribution in [-0.4, -0.2) is 27.4 Å². The lowest BCUT2D eigenvalue weighted by Crippen LogP contribution is -2.27. The van der Waals surface area contributed by atoms with Crippen molar-refractivity contribution in [3.63, 3.8) is 0 Å². The summed E-state index contributed by atoms with van der Waals surface area (Å²) in [6.07, 6.45) is 3.42. The molecule has 19 heavy (non-hydrogen) atoms. The Morgan fingerprint density at radius 2 is 2.16 bits per heavy atom. The maximum absolute atomic E-state index is 11.3. The van der Waals surface area contributed by atoms with Crippen LogP contribution in [0.2, 0.25) is 5.02 Å². The number of carbonyl (C=O) groups excluding carboxylic acids is 1. The zero-order chi connectivity index (χ0) is 14.0. The van der Waals surface area contributed by atoms with E-state index in [-0.39, 0.29) is 6.79 Å². The Morgan fingerprint density at radius 3 is 2.84 bits per heavy atom. The summed E-state index contributed by atoms with van der Waals surface area (Å²) >= 11 is 5.96. The first-order valence-corrected chi connectivity index (χ1v) is 7.41. The number of ether oxygens (including phenoxy) is 2. The molecule has 0 spiro atoms. The van der Waals surface area contributed by atoms with Crippen molar-refractivity contribution >= 4 is 33.6 Å². The maximum Gasteiger partial charge on any atom is 0.257 e. The number of hydrogen-bond acceptors (Lipinski definition) is 5. The van der Waals surface area contributed by atoms with Gasteiger partial charge in [0.15, 0.2) is 11.5 Å². The van der Waals surface area contributed by atoms with E-state index < -0.39 is 15.9 Å². The second-order valence-corrected chi connectivity index (χ2v) is 5.96. The van der Waals surface area contributed by atoms with Crippen LogP contribution in [0.25, 0.3) is 6.08 Å². The van der Waals surface area contributed by atoms with Crippen LogP contribution in [0.5, 0.6) is 11.5 Å². The molecule has 102 valence electrons. The predicted octanol–water partition coefficient (Wildman–Crippen LogP) is 1.16. The molecule has 1 aliphatic rings. The smallest absolute Gasteiger partial charge is 0.257 e. The van der Waals surface area contributed by atoms with Gasteiger partial charge in [-0.15, -0.1) is 0 Å². The van der Waals surface area contributed by atoms with Gasteiger partial charge >= 0.3 is 0 Å². The van der Waals surface area contributed by atoms with E-state index in [2.05, 4.69) is 0 Å². The fraction of sp³-hybridized carbons (Fsp3) is 0.182. The number of nitrogens with one attached hydrogen (secondary N) is 1. The van der Waals surface area contributed by atoms with Crippen LogP contribution in [0.1, 0.15) is 5.56 Å². The SMILES string of the molecule is CS(=O)(=O)NC(=O)C=Cc1cc(Cl)c2c(c1)OCO2. The van der Waals surface area contributed by atoms with Crippen LogP contribution in [0.4, 0.5) is 0 Å². The Bertz CT molecular complexity index is 653. The van der Waals surface area contributed by atoms with Crippen molar-refractivity contribution in [2.45, 2.75) is 0 Å². The molecule has 1 amide bonds. The zero-order valence-corrected chi connectivity index (χ0v) is 11.4. The lowest BCUT2D eigenvalue weighted by molar-refractivity contribution is -0.114. The molecule has 1 N–H and O–H groups in total. The number of benzene rings is 1. The minimum atomic E-state index is -3.57. The molecule has 0 aliphatic carbocycles. The lowest BCUT2D eigenvalue weighted by atomic mass is 10.2. The number of fused-ring (bicyclic) bond motifs is 1. The third-order valence-corrected chi connectivity index (χ3v) is 3.02. The second kappa shape index (κ2) is 5.10. The number of carbonyl (C=O) groups is 1. The summed E-state index contributed by atoms with van der Waals surface area (Å²) in [5.41, 5.74) is 0.595. The van der Waals surface area contributed by atoms with Gasteiger partial charge in [0.1, 0.15) is 0 Å². The number of halogens is 1. The molecule has 0 atom stereocenters. The van der Waals surface area contributed by atoms with Crippen molar-refractivity contribution in [3.05, 3.63) is 28.8 Å². The lowest BCUT2D eigenvalue weighted by Gasteiger charge is -2.01. The van der Waals surface area contributed by atoms with Gasteiger partial charge in [0.05, 0.1) is 11.3 Å². The van der Waals surface area contributed by atoms with Gasteiger partial charge < -0.3 is 9.47 Å². The molecule has 8 heteroatoms. The molecular formula is C11H10ClNO5S. The van der Waals surface area contributed by atoms with Crippen LogP contribution in [0, 0.1) is 0 Å². The Morgan fingerprint density at radius 1 is 1.42 bits per heavy atom. The Labute approximate surface area is 115 Å². The third-order valence-electron chi connectivity index (χ3n) is 2.16. The monoisotopic (exact) mass is 303 g/mol. The van der Waals surface area contributed by atoms with Crippen molar-refractivity contribution in [1.29, 1.82) is 0 Å². The van der Waals surface area contributed by atoms with E-state index in [0.29, 0.717) is 22.1 Å². The van der Waals surface area contributed by atoms with Gasteiger partial charge in [-0.3, -0.25) is 4.79 Å². The van der Waals surface area contributed by atoms with Gasteiger partial charge in [0.25, 0.3) is 5.91 Å². The van der Waals surface area contributed by atoms with Gasteiger partial charge in [-0.25, -0.2) is 13.1 Å². The van der Waals surface area contributed by atoms with Crippen LogP contribution in [-0.2, 0) is 14.8 Å². The molecule has 1 aliphatic heterocycles. The molecule has 0 fully saturated rings. The second-order valence-electron chi connectivity index (χ2n) is 3.81. The third kappa shape index (κ3) is 3.62. The number of sulfonamides is 1. The Balaban J connectivity index is 2.16. The normalized spacial score (nSPS) is 13.8. The standard InChI is InChI=1S/C11H10ClNO5S/c1-19(15,16)13-10(14)3-2-7-4-8(12)11-9(5-7)17-6-18-11/h2-5H,6H2,1H3,(H,13,14). The Kier molecular flexibility index (Phi) is 3.68. The van der Waals surface area contributed by atoms with Gasteiger partial charge in [-0.05, 0) is 23.8 Å². The number of amides is 1. The highest BCUT2D eigenvalue weighted by atomic mass is 35.5. The molecule has 6 nitrogen and oxygen atoms in total. The first-order chi connectivity index (χ1) is 8.85. The van der Waals surface area contributed by atoms with E-state index in [9.17, 15) is 13.2 Å². The molecule has 1 aromatic rings. The minimum absolute atomic E-state index is 0.0940. The van der Waals surface area contributed by atoms with Crippen molar-refractivity contribution < 1.29 is 22.7 Å². The van der Waals surface area contributed by atoms with Crippen molar-refractivity contribution in [3.8, 4) is 11.5 Å². The van der Waals surface area contributed by atoms with E-state index >= 15 is 0 Å². The van der Waals surface area contributed by atoms with E-state index in [1.807, 2.05) is 4.72 Å². The van der Waals surface area contributed by atoms with E-state index in [4.69, 9.17) is 21.1 Å². The highest BCUT2D eigenvalue weighted by molar-refractivity contribution is 7.89. The number of hydrogen-bond donors (Lipinski definition) is 1. The molecule has 0 saturated carbocycles. The average molecular weight is 304 g/mol. The van der Waals surface area contributed by atoms with Crippen LogP contribution in [0.15, 0.2) is 18.2 Å². The highest BCUT2D eigenvalue weighted by Gasteiger charge is 2.17. The molecule has 2 rings (SSSR count). The summed E-state index contributed by atoms with van der Waals surface area (Å²) in [6, 6.07) is 3.22. The van der Waals surface area contributed by atoms with Crippen molar-refractivity contribution in [2.24, 2.45) is 0 Å². The largest absolute Gasteiger partial charge is 0.454 e. The van der Waals surface area contributed by atoms with E-state index in [0.717, 1.165) is 12.3 Å². The first-order valence-electron chi connectivity index (χ1n) is 5.14. The molecule has 1 aromatic carbocycles. The fourth-order valence-electron chi connectivity index (χ4n) is 1.47. The zero-order valence-electron chi connectivity index (χ0n) is 9.84. The molecule has 0 aromatic heterocycles. The van der Waals surface area contributed by atoms with Gasteiger partial charge in [0, 0.05) is 6.08 Å². The van der Waals surface area contributed by atoms with Gasteiger partial charge in [0.2, 0.25) is 16.8 Å². The van der Waals surface area contributed by atoms with Gasteiger partial charge in [-0.2, -0.15) is 0 Å². The summed E-state index contributed by atoms with van der Waals surface area (Å²) in [4.78, 5) is 11.3. The van der Waals surface area contributed by atoms with Gasteiger partial charge in [-0.1, -0.05) is 11.6 Å². The van der Waals surface area contributed by atoms with Crippen LogP contribution in [0.3, 0.4) is 0 Å². The summed E-state index contributed by atoms with van der Waals surface area (Å²) in [5, 5.41) is 0.359. The molecule has 1 heterocycles. The summed E-state index contributed by atoms with van der Waals surface area (Å²) in [7, 11) is -3.57. The minimum Gasteiger partial charge on any atom is -0.454 e. The molecule has 0 unspecified atom stereocenters. The van der Waals surface area contributed by atoms with Crippen LogP contribution >= 0.6 is 11.6 Å². The summed E-state index contributed by atoms with van der Waals surface area (Å²) in [5.74, 6) is 0.200. The van der Waals surface area contributed by atoms with E-state index in [1.165, 1.54) is 6.08 Å². The maximum atomic E-state index is 11.3. The Hall–Kier alpha value is -1.73. The summed E-state index contributed by atoms with van der Waals surface area (Å²) in [6.45, 7) is 0.0940. The topological polar surface area (TPSA) is 81.7 Å². The molecule has 0 saturated heterocycles. The van der Waals surface area contributed by atoms with E-state index in [1.54, 1.807) is 12.1 Å².